The SMILES string of the molecule is CC1(C)OB([C@H](N)c2cccc(F)c2Cl)OC1(C)C. The first-order valence-electron chi connectivity index (χ1n) is 6.21. The number of hydrogen-bond acceptors (Lipinski definition) is 3. The first kappa shape index (κ1) is 14.8. The van der Waals surface area contributed by atoms with E-state index in [4.69, 9.17) is 26.6 Å². The highest BCUT2D eigenvalue weighted by atomic mass is 35.5. The highest BCUT2D eigenvalue weighted by Crippen LogP contribution is 2.40. The third kappa shape index (κ3) is 2.52. The Morgan fingerprint density at radius 2 is 1.74 bits per heavy atom. The lowest BCUT2D eigenvalue weighted by molar-refractivity contribution is 0.00578. The predicted octanol–water partition coefficient (Wildman–Crippen LogP) is 3.11. The monoisotopic (exact) mass is 285 g/mol. The van der Waals surface area contributed by atoms with Crippen molar-refractivity contribution in [1.82, 2.24) is 0 Å². The van der Waals surface area contributed by atoms with Crippen LogP contribution in [0.3, 0.4) is 0 Å². The molecule has 1 heterocycles. The van der Waals surface area contributed by atoms with Gasteiger partial charge in [0, 0.05) is 0 Å². The van der Waals surface area contributed by atoms with Gasteiger partial charge < -0.3 is 15.0 Å². The van der Waals surface area contributed by atoms with Crippen LogP contribution in [-0.2, 0) is 9.31 Å². The molecule has 0 radical (unpaired) electrons. The summed E-state index contributed by atoms with van der Waals surface area (Å²) in [4.78, 5) is 0. The van der Waals surface area contributed by atoms with Crippen molar-refractivity contribution >= 4 is 18.7 Å². The van der Waals surface area contributed by atoms with Gasteiger partial charge in [0.25, 0.3) is 0 Å². The fraction of sp³-hybridized carbons (Fsp3) is 0.538. The smallest absolute Gasteiger partial charge is 0.402 e. The summed E-state index contributed by atoms with van der Waals surface area (Å²) in [6.45, 7) is 7.75. The van der Waals surface area contributed by atoms with Crippen molar-refractivity contribution in [2.24, 2.45) is 5.73 Å². The molecular formula is C13H18BClFNO2. The highest BCUT2D eigenvalue weighted by Gasteiger charge is 2.53. The fourth-order valence-electron chi connectivity index (χ4n) is 1.96. The third-order valence-electron chi connectivity index (χ3n) is 3.91. The molecule has 19 heavy (non-hydrogen) atoms. The Bertz CT molecular complexity index is 480. The van der Waals surface area contributed by atoms with E-state index in [-0.39, 0.29) is 5.02 Å². The first-order chi connectivity index (χ1) is 8.66. The lowest BCUT2D eigenvalue weighted by atomic mass is 9.75. The summed E-state index contributed by atoms with van der Waals surface area (Å²) in [5, 5.41) is 0.0183. The van der Waals surface area contributed by atoms with Gasteiger partial charge in [-0.3, -0.25) is 0 Å². The molecule has 104 valence electrons. The normalized spacial score (nSPS) is 22.6. The Kier molecular flexibility index (Phi) is 3.69. The lowest BCUT2D eigenvalue weighted by Gasteiger charge is -2.32. The average molecular weight is 286 g/mol. The first-order valence-corrected chi connectivity index (χ1v) is 6.58. The van der Waals surface area contributed by atoms with Crippen LogP contribution in [0.15, 0.2) is 18.2 Å². The summed E-state index contributed by atoms with van der Waals surface area (Å²) >= 11 is 5.94. The number of nitrogens with two attached hydrogens (primary N) is 1. The molecule has 2 N–H and O–H groups in total. The van der Waals surface area contributed by atoms with E-state index in [9.17, 15) is 4.39 Å². The molecule has 0 aliphatic carbocycles. The topological polar surface area (TPSA) is 44.5 Å². The number of hydrogen-bond donors (Lipinski definition) is 1. The third-order valence-corrected chi connectivity index (χ3v) is 4.30. The van der Waals surface area contributed by atoms with E-state index in [0.717, 1.165) is 0 Å². The zero-order chi connectivity index (χ0) is 14.4. The zero-order valence-electron chi connectivity index (χ0n) is 11.5. The van der Waals surface area contributed by atoms with Crippen LogP contribution >= 0.6 is 11.6 Å². The second-order valence-electron chi connectivity index (χ2n) is 5.79. The summed E-state index contributed by atoms with van der Waals surface area (Å²) in [6.07, 6.45) is 0. The summed E-state index contributed by atoms with van der Waals surface area (Å²) in [5.74, 6) is -1.13. The molecule has 0 aromatic heterocycles. The molecule has 0 unspecified atom stereocenters. The van der Waals surface area contributed by atoms with Crippen LogP contribution in [-0.4, -0.2) is 18.3 Å². The Hall–Kier alpha value is -0.615. The standard InChI is InChI=1S/C13H18BClFNO2/c1-12(2)13(3,4)19-14(18-12)11(17)8-6-5-7-9(16)10(8)15/h5-7,11H,17H2,1-4H3/t11-/m1/s1. The Morgan fingerprint density at radius 1 is 1.21 bits per heavy atom. The predicted molar refractivity (Wildman–Crippen MR) is 74.4 cm³/mol. The van der Waals surface area contributed by atoms with Gasteiger partial charge in [-0.1, -0.05) is 23.7 Å². The van der Waals surface area contributed by atoms with Crippen LogP contribution < -0.4 is 5.73 Å². The van der Waals surface area contributed by atoms with Gasteiger partial charge >= 0.3 is 7.12 Å². The number of rotatable bonds is 2. The molecule has 1 aliphatic heterocycles. The van der Waals surface area contributed by atoms with E-state index < -0.39 is 30.1 Å². The largest absolute Gasteiger partial charge is 0.480 e. The average Bonchev–Trinajstić information content (AvgIpc) is 2.51. The maximum atomic E-state index is 13.5. The summed E-state index contributed by atoms with van der Waals surface area (Å²) < 4.78 is 25.2. The molecule has 1 aliphatic rings. The molecule has 1 fully saturated rings. The second kappa shape index (κ2) is 4.74. The van der Waals surface area contributed by atoms with Gasteiger partial charge in [0.2, 0.25) is 0 Å². The quantitative estimate of drug-likeness (QED) is 0.849. The van der Waals surface area contributed by atoms with Crippen molar-refractivity contribution in [2.75, 3.05) is 0 Å². The van der Waals surface area contributed by atoms with Crippen molar-refractivity contribution in [1.29, 1.82) is 0 Å². The van der Waals surface area contributed by atoms with Crippen molar-refractivity contribution in [3.05, 3.63) is 34.6 Å². The van der Waals surface area contributed by atoms with Crippen molar-refractivity contribution in [3.8, 4) is 0 Å². The minimum atomic E-state index is -0.649. The van der Waals surface area contributed by atoms with Crippen molar-refractivity contribution in [3.63, 3.8) is 0 Å². The Morgan fingerprint density at radius 3 is 2.26 bits per heavy atom. The Labute approximate surface area is 118 Å². The molecule has 0 spiro atoms. The van der Waals surface area contributed by atoms with Gasteiger partial charge in [0.05, 0.1) is 22.2 Å². The fourth-order valence-corrected chi connectivity index (χ4v) is 2.21. The molecule has 0 saturated carbocycles. The number of halogens is 2. The molecular weight excluding hydrogens is 267 g/mol. The summed E-state index contributed by atoms with van der Waals surface area (Å²) in [5.41, 5.74) is 5.64. The minimum Gasteiger partial charge on any atom is -0.402 e. The van der Waals surface area contributed by atoms with Crippen LogP contribution in [0.4, 0.5) is 4.39 Å². The van der Waals surface area contributed by atoms with Crippen molar-refractivity contribution in [2.45, 2.75) is 44.8 Å². The van der Waals surface area contributed by atoms with Gasteiger partial charge in [-0.25, -0.2) is 4.39 Å². The molecule has 0 amide bonds. The van der Waals surface area contributed by atoms with Gasteiger partial charge in [-0.15, -0.1) is 0 Å². The molecule has 2 rings (SSSR count). The van der Waals surface area contributed by atoms with E-state index in [2.05, 4.69) is 0 Å². The van der Waals surface area contributed by atoms with E-state index in [1.165, 1.54) is 6.07 Å². The van der Waals surface area contributed by atoms with E-state index in [1.54, 1.807) is 12.1 Å². The van der Waals surface area contributed by atoms with Crippen LogP contribution in [0.5, 0.6) is 0 Å². The van der Waals surface area contributed by atoms with Gasteiger partial charge in [-0.2, -0.15) is 0 Å². The summed E-state index contributed by atoms with van der Waals surface area (Å²) in [6, 6.07) is 4.55. The zero-order valence-corrected chi connectivity index (χ0v) is 12.3. The molecule has 1 aromatic rings. The van der Waals surface area contributed by atoms with Crippen LogP contribution in [0.25, 0.3) is 0 Å². The molecule has 1 aromatic carbocycles. The second-order valence-corrected chi connectivity index (χ2v) is 6.17. The maximum absolute atomic E-state index is 13.5. The van der Waals surface area contributed by atoms with E-state index in [0.29, 0.717) is 5.56 Å². The van der Waals surface area contributed by atoms with Crippen LogP contribution in [0, 0.1) is 5.82 Å². The van der Waals surface area contributed by atoms with E-state index in [1.807, 2.05) is 27.7 Å². The van der Waals surface area contributed by atoms with Gasteiger partial charge in [-0.05, 0) is 39.3 Å². The summed E-state index contributed by atoms with van der Waals surface area (Å²) in [7, 11) is -0.649. The van der Waals surface area contributed by atoms with Crippen LogP contribution in [0.1, 0.15) is 39.2 Å². The molecule has 6 heteroatoms. The van der Waals surface area contributed by atoms with Gasteiger partial charge in [0.1, 0.15) is 5.82 Å². The molecule has 1 saturated heterocycles. The molecule has 3 nitrogen and oxygen atoms in total. The minimum absolute atomic E-state index is 0.0183. The number of benzene rings is 1. The van der Waals surface area contributed by atoms with Gasteiger partial charge in [0.15, 0.2) is 0 Å². The lowest BCUT2D eigenvalue weighted by Crippen LogP contribution is -2.41. The Balaban J connectivity index is 2.27. The molecule has 0 bridgehead atoms. The maximum Gasteiger partial charge on any atom is 0.480 e. The van der Waals surface area contributed by atoms with Crippen molar-refractivity contribution < 1.29 is 13.7 Å². The highest BCUT2D eigenvalue weighted by molar-refractivity contribution is 6.48. The molecule has 1 atom stereocenters. The van der Waals surface area contributed by atoms with E-state index >= 15 is 0 Å². The van der Waals surface area contributed by atoms with Crippen LogP contribution in [0.2, 0.25) is 5.02 Å².